The van der Waals surface area contributed by atoms with Gasteiger partial charge < -0.3 is 9.30 Å². The first-order valence-electron chi connectivity index (χ1n) is 9.42. The van der Waals surface area contributed by atoms with E-state index in [1.54, 1.807) is 6.08 Å². The van der Waals surface area contributed by atoms with Crippen LogP contribution in [-0.4, -0.2) is 40.2 Å². The molecule has 7 heteroatoms. The SMILES string of the molecule is COC(=O)CN1C(=O)S/C(=C/c2cn(Cc3ccc(C)cc3)c3ccccc23)C1=O. The maximum Gasteiger partial charge on any atom is 0.325 e. The number of rotatable bonds is 5. The van der Waals surface area contributed by atoms with E-state index in [-0.39, 0.29) is 6.54 Å². The van der Waals surface area contributed by atoms with Crippen LogP contribution >= 0.6 is 11.8 Å². The Kier molecular flexibility index (Phi) is 5.46. The number of aryl methyl sites for hydroxylation is 1. The summed E-state index contributed by atoms with van der Waals surface area (Å²) in [6, 6.07) is 16.3. The molecule has 0 radical (unpaired) electrons. The van der Waals surface area contributed by atoms with Gasteiger partial charge in [-0.2, -0.15) is 0 Å². The van der Waals surface area contributed by atoms with Gasteiger partial charge in [-0.3, -0.25) is 19.3 Å². The molecular weight excluding hydrogens is 400 g/mol. The highest BCUT2D eigenvalue weighted by Gasteiger charge is 2.36. The summed E-state index contributed by atoms with van der Waals surface area (Å²) in [5.74, 6) is -1.11. The zero-order valence-electron chi connectivity index (χ0n) is 16.6. The molecule has 0 aliphatic carbocycles. The lowest BCUT2D eigenvalue weighted by molar-refractivity contribution is -0.143. The number of amides is 2. The largest absolute Gasteiger partial charge is 0.468 e. The fraction of sp³-hybridized carbons (Fsp3) is 0.174. The summed E-state index contributed by atoms with van der Waals surface area (Å²) >= 11 is 0.834. The molecule has 6 nitrogen and oxygen atoms in total. The standard InChI is InChI=1S/C23H20N2O4S/c1-15-7-9-16(10-8-15)12-24-13-17(18-5-3-4-6-19(18)24)11-20-22(27)25(23(28)30-20)14-21(26)29-2/h3-11,13H,12,14H2,1-2H3/b20-11+. The molecule has 1 aromatic heterocycles. The first-order chi connectivity index (χ1) is 14.5. The molecule has 2 amide bonds. The maximum absolute atomic E-state index is 12.6. The van der Waals surface area contributed by atoms with Crippen molar-refractivity contribution >= 4 is 45.9 Å². The van der Waals surface area contributed by atoms with Gasteiger partial charge in [0.15, 0.2) is 0 Å². The summed E-state index contributed by atoms with van der Waals surface area (Å²) < 4.78 is 6.70. The van der Waals surface area contributed by atoms with E-state index in [4.69, 9.17) is 0 Å². The Labute approximate surface area is 178 Å². The monoisotopic (exact) mass is 420 g/mol. The van der Waals surface area contributed by atoms with Gasteiger partial charge >= 0.3 is 5.97 Å². The average Bonchev–Trinajstić information content (AvgIpc) is 3.22. The molecule has 0 unspecified atom stereocenters. The minimum Gasteiger partial charge on any atom is -0.468 e. The van der Waals surface area contributed by atoms with Crippen LogP contribution in [-0.2, 0) is 20.9 Å². The third-order valence-corrected chi connectivity index (χ3v) is 5.88. The number of carbonyl (C=O) groups excluding carboxylic acids is 3. The third-order valence-electron chi connectivity index (χ3n) is 4.97. The lowest BCUT2D eigenvalue weighted by atomic mass is 10.1. The second-order valence-corrected chi connectivity index (χ2v) is 8.05. The average molecular weight is 420 g/mol. The first-order valence-corrected chi connectivity index (χ1v) is 10.2. The number of carbonyl (C=O) groups is 3. The molecule has 1 saturated heterocycles. The second-order valence-electron chi connectivity index (χ2n) is 7.06. The van der Waals surface area contributed by atoms with Crippen LogP contribution in [0.4, 0.5) is 4.79 Å². The van der Waals surface area contributed by atoms with Gasteiger partial charge in [-0.1, -0.05) is 48.0 Å². The first kappa shape index (κ1) is 20.0. The summed E-state index contributed by atoms with van der Waals surface area (Å²) in [6.07, 6.45) is 3.70. The van der Waals surface area contributed by atoms with Crippen LogP contribution in [0.25, 0.3) is 17.0 Å². The van der Waals surface area contributed by atoms with E-state index in [1.807, 2.05) is 30.5 Å². The molecule has 3 aromatic rings. The molecule has 0 atom stereocenters. The number of imide groups is 1. The third kappa shape index (κ3) is 3.89. The van der Waals surface area contributed by atoms with Gasteiger partial charge in [-0.25, -0.2) is 0 Å². The van der Waals surface area contributed by atoms with Crippen LogP contribution in [0.2, 0.25) is 0 Å². The molecule has 2 heterocycles. The Balaban J connectivity index is 1.68. The van der Waals surface area contributed by atoms with E-state index < -0.39 is 17.1 Å². The number of hydrogen-bond donors (Lipinski definition) is 0. The fourth-order valence-electron chi connectivity index (χ4n) is 3.38. The number of esters is 1. The van der Waals surface area contributed by atoms with Crippen molar-refractivity contribution in [3.05, 3.63) is 76.3 Å². The molecule has 1 aliphatic heterocycles. The van der Waals surface area contributed by atoms with Crippen molar-refractivity contribution in [1.29, 1.82) is 0 Å². The van der Waals surface area contributed by atoms with Crippen molar-refractivity contribution in [2.75, 3.05) is 13.7 Å². The highest BCUT2D eigenvalue weighted by Crippen LogP contribution is 2.34. The van der Waals surface area contributed by atoms with E-state index in [0.29, 0.717) is 11.4 Å². The quantitative estimate of drug-likeness (QED) is 0.457. The van der Waals surface area contributed by atoms with Gasteiger partial charge in [0.2, 0.25) is 0 Å². The Morgan fingerprint density at radius 2 is 1.83 bits per heavy atom. The molecule has 152 valence electrons. The molecular formula is C23H20N2O4S. The van der Waals surface area contributed by atoms with Gasteiger partial charge in [0.1, 0.15) is 6.54 Å². The topological polar surface area (TPSA) is 68.6 Å². The Bertz CT molecular complexity index is 1180. The predicted molar refractivity (Wildman–Crippen MR) is 117 cm³/mol. The predicted octanol–water partition coefficient (Wildman–Crippen LogP) is 4.21. The molecule has 0 saturated carbocycles. The Hall–Kier alpha value is -3.32. The summed E-state index contributed by atoms with van der Waals surface area (Å²) in [6.45, 7) is 2.37. The van der Waals surface area contributed by atoms with Crippen LogP contribution in [0.5, 0.6) is 0 Å². The highest BCUT2D eigenvalue weighted by molar-refractivity contribution is 8.18. The number of para-hydroxylation sites is 1. The van der Waals surface area contributed by atoms with Crippen molar-refractivity contribution < 1.29 is 19.1 Å². The van der Waals surface area contributed by atoms with E-state index in [9.17, 15) is 14.4 Å². The van der Waals surface area contributed by atoms with Crippen molar-refractivity contribution in [3.63, 3.8) is 0 Å². The number of aromatic nitrogens is 1. The number of hydrogen-bond acceptors (Lipinski definition) is 5. The highest BCUT2D eigenvalue weighted by atomic mass is 32.2. The van der Waals surface area contributed by atoms with Crippen molar-refractivity contribution in [3.8, 4) is 0 Å². The van der Waals surface area contributed by atoms with Crippen molar-refractivity contribution in [2.24, 2.45) is 0 Å². The zero-order chi connectivity index (χ0) is 21.3. The minimum atomic E-state index is -0.631. The van der Waals surface area contributed by atoms with Gasteiger partial charge in [0.05, 0.1) is 12.0 Å². The van der Waals surface area contributed by atoms with E-state index in [1.165, 1.54) is 18.2 Å². The van der Waals surface area contributed by atoms with Crippen molar-refractivity contribution in [1.82, 2.24) is 9.47 Å². The van der Waals surface area contributed by atoms with Gasteiger partial charge in [0.25, 0.3) is 11.1 Å². The van der Waals surface area contributed by atoms with Crippen LogP contribution in [0.1, 0.15) is 16.7 Å². The molecule has 2 aromatic carbocycles. The lowest BCUT2D eigenvalue weighted by Crippen LogP contribution is -2.34. The molecule has 30 heavy (non-hydrogen) atoms. The molecule has 0 spiro atoms. The van der Waals surface area contributed by atoms with E-state index in [0.717, 1.165) is 33.1 Å². The summed E-state index contributed by atoms with van der Waals surface area (Å²) in [4.78, 5) is 37.5. The number of thioether (sulfide) groups is 1. The van der Waals surface area contributed by atoms with Crippen LogP contribution < -0.4 is 0 Å². The van der Waals surface area contributed by atoms with E-state index in [2.05, 4.69) is 40.5 Å². The lowest BCUT2D eigenvalue weighted by Gasteiger charge is -2.09. The number of benzene rings is 2. The number of nitrogens with zero attached hydrogens (tertiary/aromatic N) is 2. The number of fused-ring (bicyclic) bond motifs is 1. The summed E-state index contributed by atoms with van der Waals surface area (Å²) in [5, 5.41) is 0.518. The number of methoxy groups -OCH3 is 1. The van der Waals surface area contributed by atoms with Gasteiger partial charge in [0, 0.05) is 29.2 Å². The van der Waals surface area contributed by atoms with Gasteiger partial charge in [-0.05, 0) is 36.4 Å². The molecule has 0 N–H and O–H groups in total. The smallest absolute Gasteiger partial charge is 0.325 e. The van der Waals surface area contributed by atoms with Crippen LogP contribution in [0.3, 0.4) is 0 Å². The zero-order valence-corrected chi connectivity index (χ0v) is 17.4. The van der Waals surface area contributed by atoms with Crippen molar-refractivity contribution in [2.45, 2.75) is 13.5 Å². The Morgan fingerprint density at radius 1 is 1.10 bits per heavy atom. The number of ether oxygens (including phenoxy) is 1. The van der Waals surface area contributed by atoms with Gasteiger partial charge in [-0.15, -0.1) is 0 Å². The van der Waals surface area contributed by atoms with Crippen LogP contribution in [0, 0.1) is 6.92 Å². The summed E-state index contributed by atoms with van der Waals surface area (Å²) in [7, 11) is 1.22. The normalized spacial score (nSPS) is 15.4. The Morgan fingerprint density at radius 3 is 2.57 bits per heavy atom. The second kappa shape index (κ2) is 8.20. The van der Waals surface area contributed by atoms with Crippen LogP contribution in [0.15, 0.2) is 59.6 Å². The maximum atomic E-state index is 12.6. The van der Waals surface area contributed by atoms with E-state index >= 15 is 0 Å². The molecule has 0 bridgehead atoms. The molecule has 1 aliphatic rings. The summed E-state index contributed by atoms with van der Waals surface area (Å²) in [5.41, 5.74) is 4.27. The molecule has 4 rings (SSSR count). The molecule has 1 fully saturated rings. The minimum absolute atomic E-state index is 0.294. The fourth-order valence-corrected chi connectivity index (χ4v) is 4.21.